The van der Waals surface area contributed by atoms with Gasteiger partial charge in [-0.1, -0.05) is 18.7 Å². The summed E-state index contributed by atoms with van der Waals surface area (Å²) in [6, 6.07) is 4.94. The van der Waals surface area contributed by atoms with Gasteiger partial charge in [-0.25, -0.2) is 0 Å². The first-order valence-electron chi connectivity index (χ1n) is 4.08. The topological polar surface area (TPSA) is 49.4 Å². The van der Waals surface area contributed by atoms with Gasteiger partial charge in [-0.15, -0.1) is 0 Å². The summed E-state index contributed by atoms with van der Waals surface area (Å²) in [5, 5.41) is 0. The maximum atomic E-state index is 10.8. The molecule has 76 valence electrons. The van der Waals surface area contributed by atoms with Crippen molar-refractivity contribution in [3.05, 3.63) is 36.4 Å². The molecule has 1 aromatic carbocycles. The highest BCUT2D eigenvalue weighted by Gasteiger charge is 2.03. The van der Waals surface area contributed by atoms with Crippen molar-refractivity contribution < 1.29 is 13.5 Å². The maximum Gasteiger partial charge on any atom is 0.135 e. The molecule has 0 aliphatic rings. The van der Waals surface area contributed by atoms with Crippen LogP contribution in [0.3, 0.4) is 0 Å². The minimum atomic E-state index is -2.26. The Morgan fingerprint density at radius 1 is 1.64 bits per heavy atom. The van der Waals surface area contributed by atoms with Crippen LogP contribution in [0.1, 0.15) is 5.56 Å². The highest BCUT2D eigenvalue weighted by atomic mass is 32.2. The van der Waals surface area contributed by atoms with Crippen LogP contribution in [0, 0.1) is 6.92 Å². The van der Waals surface area contributed by atoms with E-state index in [1.54, 1.807) is 18.2 Å². The molecule has 1 unspecified atom stereocenters. The molecular formula is C10H11O3S-. The van der Waals surface area contributed by atoms with Crippen molar-refractivity contribution in [2.45, 2.75) is 11.8 Å². The van der Waals surface area contributed by atoms with Crippen LogP contribution in [-0.2, 0) is 11.1 Å². The van der Waals surface area contributed by atoms with Gasteiger partial charge in [0.05, 0.1) is 4.90 Å². The molecule has 0 spiro atoms. The van der Waals surface area contributed by atoms with Crippen molar-refractivity contribution in [2.75, 3.05) is 6.61 Å². The second-order valence-corrected chi connectivity index (χ2v) is 3.69. The molecule has 0 N–H and O–H groups in total. The lowest BCUT2D eigenvalue weighted by molar-refractivity contribution is 0.352. The minimum absolute atomic E-state index is 0.178. The summed E-state index contributed by atoms with van der Waals surface area (Å²) < 4.78 is 26.8. The predicted molar refractivity (Wildman–Crippen MR) is 54.1 cm³/mol. The largest absolute Gasteiger partial charge is 0.768 e. The number of aryl methyl sites for hydroxylation is 1. The van der Waals surface area contributed by atoms with E-state index in [-0.39, 0.29) is 4.90 Å². The minimum Gasteiger partial charge on any atom is -0.768 e. The van der Waals surface area contributed by atoms with Gasteiger partial charge >= 0.3 is 0 Å². The molecule has 0 aliphatic carbocycles. The maximum absolute atomic E-state index is 10.8. The van der Waals surface area contributed by atoms with Crippen molar-refractivity contribution in [2.24, 2.45) is 0 Å². The van der Waals surface area contributed by atoms with E-state index in [0.29, 0.717) is 12.4 Å². The summed E-state index contributed by atoms with van der Waals surface area (Å²) in [5.74, 6) is 0.373. The fourth-order valence-corrected chi connectivity index (χ4v) is 1.48. The zero-order valence-corrected chi connectivity index (χ0v) is 8.67. The normalized spacial score (nSPS) is 12.1. The number of ether oxygens (including phenoxy) is 1. The van der Waals surface area contributed by atoms with E-state index in [1.165, 1.54) is 6.07 Å². The molecule has 1 aromatic rings. The molecule has 0 heterocycles. The number of rotatable bonds is 4. The molecule has 0 aromatic heterocycles. The molecule has 0 fully saturated rings. The average molecular weight is 211 g/mol. The molecule has 3 nitrogen and oxygen atoms in total. The Morgan fingerprint density at radius 3 is 2.93 bits per heavy atom. The first-order chi connectivity index (χ1) is 6.65. The first-order valence-corrected chi connectivity index (χ1v) is 5.16. The van der Waals surface area contributed by atoms with Crippen LogP contribution in [0.2, 0.25) is 0 Å². The molecule has 0 saturated heterocycles. The van der Waals surface area contributed by atoms with Crippen LogP contribution in [0.5, 0.6) is 5.75 Å². The highest BCUT2D eigenvalue weighted by molar-refractivity contribution is 7.79. The molecule has 0 bridgehead atoms. The van der Waals surface area contributed by atoms with Crippen molar-refractivity contribution in [1.29, 1.82) is 0 Å². The Kier molecular flexibility index (Phi) is 3.85. The van der Waals surface area contributed by atoms with E-state index < -0.39 is 11.1 Å². The monoisotopic (exact) mass is 211 g/mol. The van der Waals surface area contributed by atoms with E-state index in [9.17, 15) is 8.76 Å². The zero-order chi connectivity index (χ0) is 10.6. The van der Waals surface area contributed by atoms with Gasteiger partial charge in [-0.3, -0.25) is 4.21 Å². The van der Waals surface area contributed by atoms with Crippen molar-refractivity contribution >= 4 is 11.1 Å². The van der Waals surface area contributed by atoms with Gasteiger partial charge < -0.3 is 9.29 Å². The van der Waals surface area contributed by atoms with Crippen molar-refractivity contribution in [1.82, 2.24) is 0 Å². The summed E-state index contributed by atoms with van der Waals surface area (Å²) >= 11 is -2.26. The van der Waals surface area contributed by atoms with Crippen LogP contribution < -0.4 is 4.74 Å². The van der Waals surface area contributed by atoms with Crippen molar-refractivity contribution in [3.8, 4) is 5.75 Å². The van der Waals surface area contributed by atoms with Gasteiger partial charge in [0.15, 0.2) is 0 Å². The lowest BCUT2D eigenvalue weighted by Gasteiger charge is -2.12. The molecule has 4 heteroatoms. The molecule has 1 rings (SSSR count). The first kappa shape index (κ1) is 10.9. The second-order valence-electron chi connectivity index (χ2n) is 2.78. The van der Waals surface area contributed by atoms with E-state index in [4.69, 9.17) is 4.74 Å². The SMILES string of the molecule is C=CCOc1cc(C)ccc1S(=O)[O-]. The smallest absolute Gasteiger partial charge is 0.135 e. The molecule has 1 atom stereocenters. The Morgan fingerprint density at radius 2 is 2.36 bits per heavy atom. The lowest BCUT2D eigenvalue weighted by atomic mass is 10.2. The van der Waals surface area contributed by atoms with Gasteiger partial charge in [0.2, 0.25) is 0 Å². The predicted octanol–water partition coefficient (Wildman–Crippen LogP) is 1.80. The number of hydrogen-bond donors (Lipinski definition) is 0. The summed E-state index contributed by atoms with van der Waals surface area (Å²) in [6.07, 6.45) is 1.57. The van der Waals surface area contributed by atoms with Crippen LogP contribution in [0.25, 0.3) is 0 Å². The molecule has 0 radical (unpaired) electrons. The fraction of sp³-hybridized carbons (Fsp3) is 0.200. The Hall–Kier alpha value is -1.13. The van der Waals surface area contributed by atoms with Gasteiger partial charge in [0.25, 0.3) is 0 Å². The number of benzene rings is 1. The van der Waals surface area contributed by atoms with E-state index in [2.05, 4.69) is 6.58 Å². The van der Waals surface area contributed by atoms with Crippen LogP contribution in [0.15, 0.2) is 35.7 Å². The third-order valence-corrected chi connectivity index (χ3v) is 2.33. The quantitative estimate of drug-likeness (QED) is 0.563. The standard InChI is InChI=1S/C10H12O3S/c1-3-6-13-9-7-8(2)4-5-10(9)14(11)12/h3-5,7H,1,6H2,2H3,(H,11,12)/p-1. The molecule has 0 amide bonds. The van der Waals surface area contributed by atoms with Crippen LogP contribution >= 0.6 is 0 Å². The molecular weight excluding hydrogens is 200 g/mol. The van der Waals surface area contributed by atoms with E-state index in [0.717, 1.165) is 5.56 Å². The number of hydrogen-bond acceptors (Lipinski definition) is 3. The summed E-state index contributed by atoms with van der Waals surface area (Å²) in [7, 11) is 0. The third-order valence-electron chi connectivity index (χ3n) is 1.64. The van der Waals surface area contributed by atoms with Gasteiger partial charge in [-0.2, -0.15) is 0 Å². The molecule has 14 heavy (non-hydrogen) atoms. The molecule has 0 aliphatic heterocycles. The zero-order valence-electron chi connectivity index (χ0n) is 7.86. The average Bonchev–Trinajstić information content (AvgIpc) is 2.14. The van der Waals surface area contributed by atoms with Crippen molar-refractivity contribution in [3.63, 3.8) is 0 Å². The molecule has 0 saturated carbocycles. The lowest BCUT2D eigenvalue weighted by Crippen LogP contribution is -1.99. The fourth-order valence-electron chi connectivity index (χ4n) is 1.01. The van der Waals surface area contributed by atoms with Crippen LogP contribution in [-0.4, -0.2) is 15.4 Å². The van der Waals surface area contributed by atoms with E-state index in [1.807, 2.05) is 6.92 Å². The second kappa shape index (κ2) is 4.93. The summed E-state index contributed by atoms with van der Waals surface area (Å²) in [4.78, 5) is 0.178. The van der Waals surface area contributed by atoms with E-state index >= 15 is 0 Å². The van der Waals surface area contributed by atoms with Crippen LogP contribution in [0.4, 0.5) is 0 Å². The summed E-state index contributed by atoms with van der Waals surface area (Å²) in [6.45, 7) is 5.67. The highest BCUT2D eigenvalue weighted by Crippen LogP contribution is 2.22. The van der Waals surface area contributed by atoms with Gasteiger partial charge in [-0.05, 0) is 35.7 Å². The Labute approximate surface area is 85.7 Å². The summed E-state index contributed by atoms with van der Waals surface area (Å²) in [5.41, 5.74) is 0.957. The Balaban J connectivity index is 3.02. The third kappa shape index (κ3) is 2.68. The Bertz CT molecular complexity index is 360. The van der Waals surface area contributed by atoms with Gasteiger partial charge in [0, 0.05) is 0 Å². The van der Waals surface area contributed by atoms with Gasteiger partial charge in [0.1, 0.15) is 12.4 Å².